The smallest absolute Gasteiger partial charge is 0.465 e. The minimum atomic E-state index is -5.91. The van der Waals surface area contributed by atoms with Crippen LogP contribution in [0.15, 0.2) is 12.0 Å². The van der Waals surface area contributed by atoms with Crippen LogP contribution in [0.5, 0.6) is 0 Å². The Morgan fingerprint density at radius 1 is 1.45 bits per heavy atom. The highest BCUT2D eigenvalue weighted by atomic mass is 32.2. The van der Waals surface area contributed by atoms with Gasteiger partial charge >= 0.3 is 21.7 Å². The summed E-state index contributed by atoms with van der Waals surface area (Å²) >= 11 is 0. The molecule has 0 atom stereocenters. The van der Waals surface area contributed by atoms with E-state index in [9.17, 15) is 26.4 Å². The van der Waals surface area contributed by atoms with E-state index in [1.54, 1.807) is 0 Å². The van der Waals surface area contributed by atoms with Crippen LogP contribution >= 0.6 is 0 Å². The van der Waals surface area contributed by atoms with Crippen LogP contribution in [-0.4, -0.2) is 49.8 Å². The molecule has 1 amide bonds. The first-order chi connectivity index (χ1) is 9.06. The van der Waals surface area contributed by atoms with Crippen molar-refractivity contribution in [3.8, 4) is 0 Å². The Hall–Kier alpha value is -1.49. The lowest BCUT2D eigenvalue weighted by Crippen LogP contribution is -2.49. The molecule has 1 N–H and O–H groups in total. The van der Waals surface area contributed by atoms with Crippen LogP contribution in [0.25, 0.3) is 0 Å². The van der Waals surface area contributed by atoms with E-state index in [2.05, 4.69) is 4.18 Å². The number of carboxylic acid groups (broad SMARTS) is 1. The molecule has 0 saturated carbocycles. The normalized spacial score (nSPS) is 22.1. The van der Waals surface area contributed by atoms with Crippen LogP contribution in [0.4, 0.5) is 18.0 Å². The van der Waals surface area contributed by atoms with Crippen LogP contribution in [0.1, 0.15) is 6.42 Å². The molecule has 11 heteroatoms. The maximum Gasteiger partial charge on any atom is 0.534 e. The summed E-state index contributed by atoms with van der Waals surface area (Å²) in [6.07, 6.45) is -0.209. The summed E-state index contributed by atoms with van der Waals surface area (Å²) in [5.41, 5.74) is -6.29. The third-order valence-electron chi connectivity index (χ3n) is 3.02. The van der Waals surface area contributed by atoms with Gasteiger partial charge in [-0.2, -0.15) is 21.6 Å². The highest BCUT2D eigenvalue weighted by molar-refractivity contribution is 7.87. The maximum absolute atomic E-state index is 12.3. The highest BCUT2D eigenvalue weighted by Crippen LogP contribution is 2.40. The van der Waals surface area contributed by atoms with Gasteiger partial charge in [0, 0.05) is 12.0 Å². The van der Waals surface area contributed by atoms with E-state index in [4.69, 9.17) is 9.84 Å². The molecule has 0 aromatic rings. The zero-order chi connectivity index (χ0) is 15.2. The summed E-state index contributed by atoms with van der Waals surface area (Å²) in [5.74, 6) is -0.857. The van der Waals surface area contributed by atoms with Crippen molar-refractivity contribution in [2.75, 3.05) is 19.8 Å². The summed E-state index contributed by atoms with van der Waals surface area (Å²) in [6, 6.07) is 0. The van der Waals surface area contributed by atoms with E-state index in [-0.39, 0.29) is 19.8 Å². The van der Waals surface area contributed by atoms with Crippen LogP contribution in [0.2, 0.25) is 0 Å². The average Bonchev–Trinajstić information content (AvgIpc) is 2.24. The lowest BCUT2D eigenvalue weighted by Gasteiger charge is -2.43. The van der Waals surface area contributed by atoms with Gasteiger partial charge in [0.15, 0.2) is 0 Å². The molecule has 2 aliphatic rings. The second-order valence-electron chi connectivity index (χ2n) is 4.51. The van der Waals surface area contributed by atoms with Crippen molar-refractivity contribution in [2.45, 2.75) is 11.9 Å². The Labute approximate surface area is 111 Å². The molecule has 2 heterocycles. The SMILES string of the molecule is O=C(O)N1CCC2(C=C1OS(=O)(=O)C(F)(F)F)COC2. The van der Waals surface area contributed by atoms with Gasteiger partial charge in [-0.05, 0) is 12.5 Å². The van der Waals surface area contributed by atoms with Gasteiger partial charge in [0.1, 0.15) is 0 Å². The first-order valence-corrected chi connectivity index (χ1v) is 6.79. The summed E-state index contributed by atoms with van der Waals surface area (Å²) in [6.45, 7) is 0.191. The minimum absolute atomic E-state index is 0.169. The molecule has 0 bridgehead atoms. The van der Waals surface area contributed by atoms with Gasteiger partial charge in [-0.25, -0.2) is 9.69 Å². The zero-order valence-corrected chi connectivity index (χ0v) is 10.7. The lowest BCUT2D eigenvalue weighted by molar-refractivity contribution is -0.0977. The topological polar surface area (TPSA) is 93.1 Å². The summed E-state index contributed by atoms with van der Waals surface area (Å²) in [7, 11) is -5.91. The Bertz CT molecular complexity index is 551. The number of halogens is 3. The molecule has 20 heavy (non-hydrogen) atoms. The molecule has 0 radical (unpaired) electrons. The number of carbonyl (C=O) groups is 1. The second-order valence-corrected chi connectivity index (χ2v) is 6.04. The van der Waals surface area contributed by atoms with E-state index in [1.807, 2.05) is 0 Å². The molecule has 2 aliphatic heterocycles. The monoisotopic (exact) mass is 317 g/mol. The van der Waals surface area contributed by atoms with E-state index in [0.717, 1.165) is 6.08 Å². The van der Waals surface area contributed by atoms with Crippen molar-refractivity contribution in [3.63, 3.8) is 0 Å². The molecule has 1 fully saturated rings. The maximum atomic E-state index is 12.3. The minimum Gasteiger partial charge on any atom is -0.465 e. The van der Waals surface area contributed by atoms with Crippen LogP contribution in [0.3, 0.4) is 0 Å². The van der Waals surface area contributed by atoms with Crippen molar-refractivity contribution in [1.82, 2.24) is 4.90 Å². The Morgan fingerprint density at radius 2 is 2.05 bits per heavy atom. The van der Waals surface area contributed by atoms with Crippen molar-refractivity contribution in [2.24, 2.45) is 5.41 Å². The molecular formula is C9H10F3NO6S. The van der Waals surface area contributed by atoms with Crippen molar-refractivity contribution in [1.29, 1.82) is 0 Å². The van der Waals surface area contributed by atoms with Crippen LogP contribution in [0, 0.1) is 5.41 Å². The van der Waals surface area contributed by atoms with Gasteiger partial charge in [0.25, 0.3) is 0 Å². The molecule has 1 spiro atoms. The number of hydrogen-bond acceptors (Lipinski definition) is 5. The second kappa shape index (κ2) is 4.52. The fourth-order valence-electron chi connectivity index (χ4n) is 1.87. The largest absolute Gasteiger partial charge is 0.534 e. The van der Waals surface area contributed by atoms with Crippen LogP contribution < -0.4 is 0 Å². The number of alkyl halides is 3. The predicted molar refractivity (Wildman–Crippen MR) is 56.7 cm³/mol. The number of nitrogens with zero attached hydrogens (tertiary/aromatic N) is 1. The molecule has 0 aromatic carbocycles. The zero-order valence-electron chi connectivity index (χ0n) is 9.88. The van der Waals surface area contributed by atoms with Gasteiger partial charge < -0.3 is 14.0 Å². The summed E-state index contributed by atoms with van der Waals surface area (Å²) < 4.78 is 67.6. The van der Waals surface area contributed by atoms with Gasteiger partial charge in [-0.15, -0.1) is 0 Å². The third-order valence-corrected chi connectivity index (χ3v) is 3.97. The Balaban J connectivity index is 2.31. The Morgan fingerprint density at radius 3 is 2.45 bits per heavy atom. The molecule has 0 aromatic heterocycles. The van der Waals surface area contributed by atoms with E-state index in [0.29, 0.717) is 11.3 Å². The molecule has 7 nitrogen and oxygen atoms in total. The van der Waals surface area contributed by atoms with Gasteiger partial charge in [0.05, 0.1) is 13.2 Å². The third kappa shape index (κ3) is 2.54. The predicted octanol–water partition coefficient (Wildman–Crippen LogP) is 1.09. The van der Waals surface area contributed by atoms with Gasteiger partial charge in [-0.3, -0.25) is 0 Å². The number of rotatable bonds is 2. The Kier molecular flexibility index (Phi) is 3.37. The summed E-state index contributed by atoms with van der Waals surface area (Å²) in [4.78, 5) is 11.3. The average molecular weight is 317 g/mol. The highest BCUT2D eigenvalue weighted by Gasteiger charge is 2.51. The number of ether oxygens (including phenoxy) is 1. The molecule has 0 aliphatic carbocycles. The van der Waals surface area contributed by atoms with Crippen molar-refractivity contribution < 1.29 is 40.4 Å². The molecule has 0 unspecified atom stereocenters. The van der Waals surface area contributed by atoms with Gasteiger partial charge in [-0.1, -0.05) is 0 Å². The quantitative estimate of drug-likeness (QED) is 0.605. The number of amides is 1. The van der Waals surface area contributed by atoms with Crippen molar-refractivity contribution >= 4 is 16.2 Å². The standard InChI is InChI=1S/C9H10F3NO6S/c10-9(11,12)20(16,17)19-6-3-8(4-18-5-8)1-2-13(6)7(14)15/h3H,1-2,4-5H2,(H,14,15). The summed E-state index contributed by atoms with van der Waals surface area (Å²) in [5, 5.41) is 8.87. The number of hydrogen-bond donors (Lipinski definition) is 1. The van der Waals surface area contributed by atoms with E-state index in [1.165, 1.54) is 0 Å². The first kappa shape index (κ1) is 14.9. The molecule has 1 saturated heterocycles. The van der Waals surface area contributed by atoms with Crippen molar-refractivity contribution in [3.05, 3.63) is 12.0 Å². The fourth-order valence-corrected chi connectivity index (χ4v) is 2.32. The van der Waals surface area contributed by atoms with E-state index < -0.39 is 33.0 Å². The molecular weight excluding hydrogens is 307 g/mol. The first-order valence-electron chi connectivity index (χ1n) is 5.38. The molecule has 114 valence electrons. The van der Waals surface area contributed by atoms with Crippen LogP contribution in [-0.2, 0) is 19.0 Å². The fraction of sp³-hybridized carbons (Fsp3) is 0.667. The van der Waals surface area contributed by atoms with E-state index >= 15 is 0 Å². The lowest BCUT2D eigenvalue weighted by atomic mass is 9.80. The van der Waals surface area contributed by atoms with Gasteiger partial charge in [0.2, 0.25) is 5.88 Å². The molecule has 2 rings (SSSR count).